The predicted octanol–water partition coefficient (Wildman–Crippen LogP) is 1.07. The average Bonchev–Trinajstić information content (AvgIpc) is 2.30. The number of allylic oxidation sites excluding steroid dienone is 4. The van der Waals surface area contributed by atoms with Gasteiger partial charge in [-0.05, 0) is 12.2 Å². The Morgan fingerprint density at radius 1 is 0.733 bits per heavy atom. The van der Waals surface area contributed by atoms with Gasteiger partial charge < -0.3 is 0 Å². The Bertz CT molecular complexity index is 430. The molecule has 5 nitrogen and oxygen atoms in total. The van der Waals surface area contributed by atoms with E-state index in [1.54, 1.807) is 30.3 Å². The minimum absolute atomic E-state index is 0.229. The number of nitrogens with zero attached hydrogens (tertiary/aromatic N) is 5. The summed E-state index contributed by atoms with van der Waals surface area (Å²) in [5, 5.41) is 42.3. The van der Waals surface area contributed by atoms with E-state index in [0.717, 1.165) is 12.2 Å². The van der Waals surface area contributed by atoms with Crippen LogP contribution in [0.2, 0.25) is 0 Å². The van der Waals surface area contributed by atoms with Crippen molar-refractivity contribution in [2.24, 2.45) is 5.92 Å². The second-order valence-electron chi connectivity index (χ2n) is 2.26. The number of hydrogen-bond acceptors (Lipinski definition) is 5. The van der Waals surface area contributed by atoms with E-state index < -0.39 is 5.92 Å². The van der Waals surface area contributed by atoms with Crippen LogP contribution in [-0.4, -0.2) is 0 Å². The van der Waals surface area contributed by atoms with Crippen molar-refractivity contribution in [3.8, 4) is 30.3 Å². The summed E-state index contributed by atoms with van der Waals surface area (Å²) >= 11 is 0. The summed E-state index contributed by atoms with van der Waals surface area (Å²) in [6.45, 7) is 0. The molecule has 0 aliphatic rings. The Hall–Kier alpha value is -3.07. The third kappa shape index (κ3) is 3.91. The molecule has 0 aliphatic heterocycles. The van der Waals surface area contributed by atoms with Gasteiger partial charge in [0.2, 0.25) is 0 Å². The van der Waals surface area contributed by atoms with Crippen molar-refractivity contribution >= 4 is 0 Å². The van der Waals surface area contributed by atoms with Crippen molar-refractivity contribution in [2.75, 3.05) is 0 Å². The molecule has 5 heteroatoms. The Balaban J connectivity index is 5.14. The Kier molecular flexibility index (Phi) is 5.13. The van der Waals surface area contributed by atoms with Crippen LogP contribution in [0.15, 0.2) is 23.3 Å². The predicted molar refractivity (Wildman–Crippen MR) is 47.7 cm³/mol. The molecule has 0 spiro atoms. The van der Waals surface area contributed by atoms with Crippen LogP contribution in [-0.2, 0) is 0 Å². The molecule has 0 N–H and O–H groups in total. The monoisotopic (exact) mass is 193 g/mol. The minimum Gasteiger partial charge on any atom is -0.197 e. The lowest BCUT2D eigenvalue weighted by atomic mass is 10.1. The van der Waals surface area contributed by atoms with E-state index in [0.29, 0.717) is 0 Å². The highest BCUT2D eigenvalue weighted by Crippen LogP contribution is 2.06. The summed E-state index contributed by atoms with van der Waals surface area (Å²) in [5.74, 6) is -0.923. The summed E-state index contributed by atoms with van der Waals surface area (Å²) in [6.07, 6.45) is 2.18. The molecular formula is C10H3N5. The van der Waals surface area contributed by atoms with Crippen molar-refractivity contribution in [2.45, 2.75) is 0 Å². The highest BCUT2D eigenvalue weighted by molar-refractivity contribution is 5.41. The highest BCUT2D eigenvalue weighted by atomic mass is 14.3. The molecule has 0 bridgehead atoms. The van der Waals surface area contributed by atoms with Crippen LogP contribution in [0.4, 0.5) is 0 Å². The standard InChI is InChI=1S/C10H3N5/c11-3-8(1-9(4-12)5-13)2-10(6-14)7-15/h1-2,8H. The third-order valence-electron chi connectivity index (χ3n) is 1.32. The molecule has 0 saturated carbocycles. The van der Waals surface area contributed by atoms with Gasteiger partial charge in [0, 0.05) is 0 Å². The van der Waals surface area contributed by atoms with Crippen LogP contribution in [0.3, 0.4) is 0 Å². The Morgan fingerprint density at radius 2 is 1.07 bits per heavy atom. The molecule has 0 radical (unpaired) electrons. The summed E-state index contributed by atoms with van der Waals surface area (Å²) in [4.78, 5) is 0. The maximum atomic E-state index is 8.63. The second-order valence-corrected chi connectivity index (χ2v) is 2.26. The molecule has 0 amide bonds. The average molecular weight is 193 g/mol. The molecule has 0 fully saturated rings. The fraction of sp³-hybridized carbons (Fsp3) is 0.100. The lowest BCUT2D eigenvalue weighted by molar-refractivity contribution is 1.07. The molecule has 0 unspecified atom stereocenters. The first-order valence-electron chi connectivity index (χ1n) is 3.65. The smallest absolute Gasteiger partial charge is 0.127 e. The first-order valence-corrected chi connectivity index (χ1v) is 3.65. The summed E-state index contributed by atoms with van der Waals surface area (Å²) in [6, 6.07) is 8.06. The van der Waals surface area contributed by atoms with Crippen molar-refractivity contribution < 1.29 is 0 Å². The van der Waals surface area contributed by atoms with Crippen molar-refractivity contribution in [1.82, 2.24) is 0 Å². The van der Waals surface area contributed by atoms with E-state index in [1.165, 1.54) is 0 Å². The number of nitriles is 5. The van der Waals surface area contributed by atoms with Gasteiger partial charge in [-0.2, -0.15) is 26.3 Å². The van der Waals surface area contributed by atoms with Gasteiger partial charge in [-0.3, -0.25) is 0 Å². The molecule has 68 valence electrons. The first-order chi connectivity index (χ1) is 7.21. The topological polar surface area (TPSA) is 119 Å². The van der Waals surface area contributed by atoms with Gasteiger partial charge >= 0.3 is 0 Å². The largest absolute Gasteiger partial charge is 0.197 e. The van der Waals surface area contributed by atoms with Gasteiger partial charge in [-0.15, -0.1) is 0 Å². The van der Waals surface area contributed by atoms with Gasteiger partial charge in [0.1, 0.15) is 35.4 Å². The molecular weight excluding hydrogens is 190 g/mol. The SMILES string of the molecule is N#CC(C#N)=CC(C#N)C=C(C#N)C#N. The van der Waals surface area contributed by atoms with Gasteiger partial charge in [-0.25, -0.2) is 0 Å². The molecule has 0 saturated heterocycles. The van der Waals surface area contributed by atoms with Crippen LogP contribution >= 0.6 is 0 Å². The lowest BCUT2D eigenvalue weighted by Gasteiger charge is -1.92. The molecule has 0 atom stereocenters. The summed E-state index contributed by atoms with van der Waals surface area (Å²) < 4.78 is 0. The molecule has 0 aromatic rings. The zero-order valence-corrected chi connectivity index (χ0v) is 7.47. The number of hydrogen-bond donors (Lipinski definition) is 0. The van der Waals surface area contributed by atoms with E-state index in [9.17, 15) is 0 Å². The van der Waals surface area contributed by atoms with Crippen molar-refractivity contribution in [3.05, 3.63) is 23.3 Å². The summed E-state index contributed by atoms with van der Waals surface area (Å²) in [7, 11) is 0. The van der Waals surface area contributed by atoms with E-state index in [-0.39, 0.29) is 11.1 Å². The first kappa shape index (κ1) is 11.9. The van der Waals surface area contributed by atoms with Gasteiger partial charge in [0.25, 0.3) is 0 Å². The minimum atomic E-state index is -0.923. The van der Waals surface area contributed by atoms with E-state index in [2.05, 4.69) is 0 Å². The van der Waals surface area contributed by atoms with Crippen molar-refractivity contribution in [3.63, 3.8) is 0 Å². The van der Waals surface area contributed by atoms with E-state index in [4.69, 9.17) is 26.3 Å². The quantitative estimate of drug-likeness (QED) is 0.607. The molecule has 0 rings (SSSR count). The van der Waals surface area contributed by atoms with Crippen LogP contribution in [0.25, 0.3) is 0 Å². The Labute approximate surface area is 86.6 Å². The fourth-order valence-corrected chi connectivity index (χ4v) is 0.681. The second kappa shape index (κ2) is 6.45. The van der Waals surface area contributed by atoms with Crippen LogP contribution in [0, 0.1) is 62.6 Å². The molecule has 0 heterocycles. The molecule has 0 aliphatic carbocycles. The van der Waals surface area contributed by atoms with Gasteiger partial charge in [0.05, 0.1) is 12.0 Å². The zero-order valence-electron chi connectivity index (χ0n) is 7.47. The molecule has 0 aromatic heterocycles. The maximum Gasteiger partial charge on any atom is 0.127 e. The van der Waals surface area contributed by atoms with Gasteiger partial charge in [0.15, 0.2) is 0 Å². The molecule has 15 heavy (non-hydrogen) atoms. The highest BCUT2D eigenvalue weighted by Gasteiger charge is 2.04. The molecule has 0 aromatic carbocycles. The third-order valence-corrected chi connectivity index (χ3v) is 1.32. The van der Waals surface area contributed by atoms with E-state index in [1.807, 2.05) is 0 Å². The van der Waals surface area contributed by atoms with Crippen LogP contribution in [0.1, 0.15) is 0 Å². The number of rotatable bonds is 2. The zero-order chi connectivity index (χ0) is 11.7. The fourth-order valence-electron chi connectivity index (χ4n) is 0.681. The summed E-state index contributed by atoms with van der Waals surface area (Å²) in [5.41, 5.74) is -0.457. The van der Waals surface area contributed by atoms with Crippen LogP contribution in [0.5, 0.6) is 0 Å². The van der Waals surface area contributed by atoms with Crippen molar-refractivity contribution in [1.29, 1.82) is 26.3 Å². The van der Waals surface area contributed by atoms with E-state index >= 15 is 0 Å². The lowest BCUT2D eigenvalue weighted by Crippen LogP contribution is -1.90. The van der Waals surface area contributed by atoms with Crippen LogP contribution < -0.4 is 0 Å². The Morgan fingerprint density at radius 3 is 1.27 bits per heavy atom. The normalized spacial score (nSPS) is 6.93. The van der Waals surface area contributed by atoms with Gasteiger partial charge in [-0.1, -0.05) is 0 Å². The maximum absolute atomic E-state index is 8.63.